The normalized spacial score (nSPS) is 16.4. The standard InChI is InChI=1S/C13H19N3/c1-11-6-8-14-9-12(11)10-16-13-5-3-2-4-7-15-13/h6,8-9H,2-5,7,10H2,1H3,(H,15,16). The van der Waals surface area contributed by atoms with Crippen molar-refractivity contribution in [2.75, 3.05) is 6.54 Å². The van der Waals surface area contributed by atoms with Crippen molar-refractivity contribution in [1.29, 1.82) is 0 Å². The van der Waals surface area contributed by atoms with E-state index in [1.807, 2.05) is 18.5 Å². The fourth-order valence-corrected chi connectivity index (χ4v) is 1.90. The Labute approximate surface area is 97.0 Å². The van der Waals surface area contributed by atoms with Crippen LogP contribution in [0.1, 0.15) is 36.8 Å². The van der Waals surface area contributed by atoms with Gasteiger partial charge in [0.05, 0.1) is 5.84 Å². The van der Waals surface area contributed by atoms with Gasteiger partial charge in [-0.2, -0.15) is 0 Å². The molecule has 0 saturated carbocycles. The number of hydrogen-bond acceptors (Lipinski definition) is 3. The third-order valence-electron chi connectivity index (χ3n) is 3.00. The lowest BCUT2D eigenvalue weighted by atomic mass is 10.1. The summed E-state index contributed by atoms with van der Waals surface area (Å²) in [5.74, 6) is 1.17. The minimum Gasteiger partial charge on any atom is -0.370 e. The Hall–Kier alpha value is -1.38. The fraction of sp³-hybridized carbons (Fsp3) is 0.538. The molecule has 1 N–H and O–H groups in total. The molecule has 2 heterocycles. The fourth-order valence-electron chi connectivity index (χ4n) is 1.90. The van der Waals surface area contributed by atoms with Gasteiger partial charge in [0.2, 0.25) is 0 Å². The van der Waals surface area contributed by atoms with E-state index in [1.54, 1.807) is 0 Å². The van der Waals surface area contributed by atoms with Crippen LogP contribution in [0, 0.1) is 6.92 Å². The molecule has 3 nitrogen and oxygen atoms in total. The molecule has 0 atom stereocenters. The molecule has 3 heteroatoms. The molecule has 0 spiro atoms. The summed E-state index contributed by atoms with van der Waals surface area (Å²) >= 11 is 0. The molecule has 0 aromatic carbocycles. The number of rotatable bonds is 2. The first kappa shape index (κ1) is 11.1. The highest BCUT2D eigenvalue weighted by Crippen LogP contribution is 2.08. The second-order valence-corrected chi connectivity index (χ2v) is 4.29. The second kappa shape index (κ2) is 5.64. The molecule has 0 aliphatic carbocycles. The van der Waals surface area contributed by atoms with E-state index < -0.39 is 0 Å². The molecule has 0 fully saturated rings. The van der Waals surface area contributed by atoms with Gasteiger partial charge in [-0.25, -0.2) is 0 Å². The predicted molar refractivity (Wildman–Crippen MR) is 66.6 cm³/mol. The number of hydrogen-bond donors (Lipinski definition) is 1. The Morgan fingerprint density at radius 3 is 3.12 bits per heavy atom. The van der Waals surface area contributed by atoms with Crippen LogP contribution in [0.25, 0.3) is 0 Å². The van der Waals surface area contributed by atoms with Gasteiger partial charge in [0.15, 0.2) is 0 Å². The van der Waals surface area contributed by atoms with Crippen molar-refractivity contribution in [1.82, 2.24) is 10.3 Å². The van der Waals surface area contributed by atoms with Gasteiger partial charge < -0.3 is 5.32 Å². The molecule has 1 aromatic rings. The largest absolute Gasteiger partial charge is 0.370 e. The van der Waals surface area contributed by atoms with Crippen LogP contribution >= 0.6 is 0 Å². The highest BCUT2D eigenvalue weighted by molar-refractivity contribution is 5.82. The number of aromatic nitrogens is 1. The Bertz CT molecular complexity index is 371. The lowest BCUT2D eigenvalue weighted by Crippen LogP contribution is -2.23. The van der Waals surface area contributed by atoms with E-state index in [4.69, 9.17) is 0 Å². The van der Waals surface area contributed by atoms with E-state index in [0.29, 0.717) is 0 Å². The minimum absolute atomic E-state index is 0.846. The van der Waals surface area contributed by atoms with Crippen LogP contribution < -0.4 is 5.32 Å². The van der Waals surface area contributed by atoms with Crippen LogP contribution in [0.5, 0.6) is 0 Å². The molecule has 2 rings (SSSR count). The summed E-state index contributed by atoms with van der Waals surface area (Å²) in [5, 5.41) is 3.43. The Morgan fingerprint density at radius 2 is 2.25 bits per heavy atom. The lowest BCUT2D eigenvalue weighted by Gasteiger charge is -2.09. The van der Waals surface area contributed by atoms with Crippen molar-refractivity contribution in [2.24, 2.45) is 4.99 Å². The molecule has 1 aliphatic rings. The van der Waals surface area contributed by atoms with Gasteiger partial charge in [-0.1, -0.05) is 6.42 Å². The minimum atomic E-state index is 0.846. The first-order valence-corrected chi connectivity index (χ1v) is 6.03. The first-order valence-electron chi connectivity index (χ1n) is 6.03. The highest BCUT2D eigenvalue weighted by Gasteiger charge is 2.04. The average molecular weight is 217 g/mol. The maximum Gasteiger partial charge on any atom is 0.0965 e. The van der Waals surface area contributed by atoms with Crippen molar-refractivity contribution in [3.05, 3.63) is 29.6 Å². The number of nitrogens with one attached hydrogen (secondary N) is 1. The van der Waals surface area contributed by atoms with Gasteiger partial charge in [0.1, 0.15) is 0 Å². The summed E-state index contributed by atoms with van der Waals surface area (Å²) < 4.78 is 0. The molecule has 0 saturated heterocycles. The Morgan fingerprint density at radius 1 is 1.31 bits per heavy atom. The quantitative estimate of drug-likeness (QED) is 0.826. The van der Waals surface area contributed by atoms with Gasteiger partial charge in [0.25, 0.3) is 0 Å². The van der Waals surface area contributed by atoms with Crippen LogP contribution in [-0.4, -0.2) is 17.4 Å². The van der Waals surface area contributed by atoms with Gasteiger partial charge in [0, 0.05) is 31.9 Å². The van der Waals surface area contributed by atoms with Crippen LogP contribution in [0.15, 0.2) is 23.5 Å². The van der Waals surface area contributed by atoms with Crippen molar-refractivity contribution < 1.29 is 0 Å². The molecule has 1 aromatic heterocycles. The van der Waals surface area contributed by atoms with Crippen LogP contribution in [-0.2, 0) is 6.54 Å². The van der Waals surface area contributed by atoms with E-state index in [-0.39, 0.29) is 0 Å². The molecular weight excluding hydrogens is 198 g/mol. The summed E-state index contributed by atoms with van der Waals surface area (Å²) in [6.07, 6.45) is 8.66. The summed E-state index contributed by atoms with van der Waals surface area (Å²) in [6.45, 7) is 3.94. The van der Waals surface area contributed by atoms with E-state index in [2.05, 4.69) is 22.2 Å². The number of nitrogens with zero attached hydrogens (tertiary/aromatic N) is 2. The summed E-state index contributed by atoms with van der Waals surface area (Å²) in [6, 6.07) is 2.05. The topological polar surface area (TPSA) is 37.3 Å². The van der Waals surface area contributed by atoms with E-state index >= 15 is 0 Å². The maximum absolute atomic E-state index is 4.55. The van der Waals surface area contributed by atoms with Crippen LogP contribution in [0.3, 0.4) is 0 Å². The predicted octanol–water partition coefficient (Wildman–Crippen LogP) is 2.45. The Kier molecular flexibility index (Phi) is 3.91. The van der Waals surface area contributed by atoms with Gasteiger partial charge in [-0.05, 0) is 37.0 Å². The number of pyridine rings is 1. The molecule has 0 unspecified atom stereocenters. The molecule has 86 valence electrons. The first-order chi connectivity index (χ1) is 7.86. The van der Waals surface area contributed by atoms with E-state index in [1.165, 1.54) is 36.2 Å². The third kappa shape index (κ3) is 3.05. The molecule has 0 radical (unpaired) electrons. The highest BCUT2D eigenvalue weighted by atomic mass is 15.0. The van der Waals surface area contributed by atoms with E-state index in [0.717, 1.165) is 19.5 Å². The van der Waals surface area contributed by atoms with Gasteiger partial charge >= 0.3 is 0 Å². The average Bonchev–Trinajstić information content (AvgIpc) is 2.56. The second-order valence-electron chi connectivity index (χ2n) is 4.29. The smallest absolute Gasteiger partial charge is 0.0965 e. The van der Waals surface area contributed by atoms with Gasteiger partial charge in [-0.15, -0.1) is 0 Å². The molecule has 1 aliphatic heterocycles. The van der Waals surface area contributed by atoms with E-state index in [9.17, 15) is 0 Å². The SMILES string of the molecule is Cc1ccncc1CNC1=NCCCCC1. The zero-order chi connectivity index (χ0) is 11.2. The van der Waals surface area contributed by atoms with Gasteiger partial charge in [-0.3, -0.25) is 9.98 Å². The van der Waals surface area contributed by atoms with Crippen molar-refractivity contribution in [2.45, 2.75) is 39.2 Å². The monoisotopic (exact) mass is 217 g/mol. The van der Waals surface area contributed by atoms with Crippen LogP contribution in [0.2, 0.25) is 0 Å². The number of amidine groups is 1. The zero-order valence-electron chi connectivity index (χ0n) is 9.87. The zero-order valence-corrected chi connectivity index (χ0v) is 9.87. The van der Waals surface area contributed by atoms with Crippen LogP contribution in [0.4, 0.5) is 0 Å². The summed E-state index contributed by atoms with van der Waals surface area (Å²) in [4.78, 5) is 8.70. The summed E-state index contributed by atoms with van der Waals surface area (Å²) in [7, 11) is 0. The molecule has 16 heavy (non-hydrogen) atoms. The molecule has 0 bridgehead atoms. The van der Waals surface area contributed by atoms with Crippen molar-refractivity contribution in [3.8, 4) is 0 Å². The number of aliphatic imine (C=N–C) groups is 1. The van der Waals surface area contributed by atoms with Crippen molar-refractivity contribution >= 4 is 5.84 Å². The number of aryl methyl sites for hydroxylation is 1. The molecular formula is C13H19N3. The lowest BCUT2D eigenvalue weighted by molar-refractivity contribution is 0.728. The Balaban J connectivity index is 1.91. The van der Waals surface area contributed by atoms with Crippen molar-refractivity contribution in [3.63, 3.8) is 0 Å². The third-order valence-corrected chi connectivity index (χ3v) is 3.00. The molecule has 0 amide bonds. The summed E-state index contributed by atoms with van der Waals surface area (Å²) in [5.41, 5.74) is 2.55. The maximum atomic E-state index is 4.55.